The molecular formula is C20H20Cl3NO4S. The van der Waals surface area contributed by atoms with Gasteiger partial charge in [-0.25, -0.2) is 4.79 Å². The summed E-state index contributed by atoms with van der Waals surface area (Å²) in [6.07, 6.45) is 0. The zero-order valence-electron chi connectivity index (χ0n) is 16.0. The number of carbonyl (C=O) groups excluding carboxylic acids is 1. The summed E-state index contributed by atoms with van der Waals surface area (Å²) < 4.78 is 24.0. The first-order valence-electron chi connectivity index (χ1n) is 8.88. The van der Waals surface area contributed by atoms with Crippen LogP contribution in [0.3, 0.4) is 0 Å². The molecule has 0 spiro atoms. The van der Waals surface area contributed by atoms with Gasteiger partial charge in [0.2, 0.25) is 0 Å². The normalized spacial score (nSPS) is 15.0. The molecule has 29 heavy (non-hydrogen) atoms. The first-order valence-corrected chi connectivity index (χ1v) is 11.6. The quantitative estimate of drug-likeness (QED) is 0.427. The van der Waals surface area contributed by atoms with Crippen LogP contribution in [-0.4, -0.2) is 42.1 Å². The molecule has 0 amide bonds. The fourth-order valence-corrected chi connectivity index (χ4v) is 5.21. The van der Waals surface area contributed by atoms with E-state index in [1.54, 1.807) is 25.1 Å². The van der Waals surface area contributed by atoms with Crippen molar-refractivity contribution in [3.05, 3.63) is 46.0 Å². The first-order chi connectivity index (χ1) is 13.9. The number of nitrogens with zero attached hydrogens (tertiary/aromatic N) is 1. The number of carbonyl (C=O) groups is 1. The number of alkyl halides is 2. The minimum Gasteiger partial charge on any atom is -0.465 e. The maximum atomic E-state index is 13.1. The Kier molecular flexibility index (Phi) is 7.32. The molecule has 1 aliphatic rings. The van der Waals surface area contributed by atoms with Crippen molar-refractivity contribution in [1.29, 1.82) is 0 Å². The lowest BCUT2D eigenvalue weighted by Crippen LogP contribution is -2.27. The number of hydrogen-bond acceptors (Lipinski definition) is 5. The van der Waals surface area contributed by atoms with Gasteiger partial charge in [0.15, 0.2) is 0 Å². The number of benzene rings is 2. The van der Waals surface area contributed by atoms with Crippen molar-refractivity contribution in [2.75, 3.05) is 36.9 Å². The average Bonchev–Trinajstić information content (AvgIpc) is 2.84. The second-order valence-electron chi connectivity index (χ2n) is 6.48. The highest BCUT2D eigenvalue weighted by atomic mass is 35.5. The molecule has 0 radical (unpaired) electrons. The van der Waals surface area contributed by atoms with Crippen molar-refractivity contribution >= 4 is 57.3 Å². The van der Waals surface area contributed by atoms with E-state index in [1.165, 1.54) is 7.11 Å². The van der Waals surface area contributed by atoms with Crippen molar-refractivity contribution in [2.45, 2.75) is 17.6 Å². The number of hydrogen-bond donors (Lipinski definition) is 0. The molecule has 0 aliphatic carbocycles. The Morgan fingerprint density at radius 3 is 2.48 bits per heavy atom. The molecule has 1 unspecified atom stereocenters. The Bertz CT molecular complexity index is 961. The molecule has 0 saturated carbocycles. The number of rotatable bonds is 6. The first kappa shape index (κ1) is 22.2. The molecule has 1 heterocycles. The van der Waals surface area contributed by atoms with Gasteiger partial charge in [-0.2, -0.15) is 0 Å². The van der Waals surface area contributed by atoms with Crippen molar-refractivity contribution < 1.29 is 18.5 Å². The summed E-state index contributed by atoms with van der Waals surface area (Å²) in [5.41, 5.74) is 2.56. The molecule has 5 nitrogen and oxygen atoms in total. The van der Waals surface area contributed by atoms with Gasteiger partial charge in [-0.3, -0.25) is 4.21 Å². The van der Waals surface area contributed by atoms with Gasteiger partial charge in [-0.05, 0) is 36.8 Å². The number of fused-ring (bicyclic) bond motifs is 2. The summed E-state index contributed by atoms with van der Waals surface area (Å²) in [5.74, 6) is 1.50. The molecular weight excluding hydrogens is 457 g/mol. The van der Waals surface area contributed by atoms with Crippen molar-refractivity contribution in [3.63, 3.8) is 0 Å². The lowest BCUT2D eigenvalue weighted by atomic mass is 10.1. The van der Waals surface area contributed by atoms with E-state index >= 15 is 0 Å². The highest BCUT2D eigenvalue weighted by Gasteiger charge is 2.26. The third kappa shape index (κ3) is 4.66. The van der Waals surface area contributed by atoms with E-state index in [-0.39, 0.29) is 5.75 Å². The van der Waals surface area contributed by atoms with E-state index in [2.05, 4.69) is 0 Å². The second-order valence-corrected chi connectivity index (χ2v) is 9.07. The van der Waals surface area contributed by atoms with Crippen LogP contribution in [-0.2, 0) is 21.3 Å². The molecule has 156 valence electrons. The van der Waals surface area contributed by atoms with Gasteiger partial charge in [0.05, 0.1) is 39.1 Å². The smallest absolute Gasteiger partial charge is 0.337 e. The molecule has 0 bridgehead atoms. The summed E-state index contributed by atoms with van der Waals surface area (Å²) in [4.78, 5) is 14.4. The number of anilines is 1. The molecule has 1 aliphatic heterocycles. The molecule has 3 rings (SSSR count). The van der Waals surface area contributed by atoms with E-state index in [0.717, 1.165) is 11.3 Å². The van der Waals surface area contributed by atoms with Crippen LogP contribution in [0.2, 0.25) is 5.02 Å². The molecule has 9 heteroatoms. The maximum absolute atomic E-state index is 13.1. The van der Waals surface area contributed by atoms with Gasteiger partial charge in [0.1, 0.15) is 11.5 Å². The Morgan fingerprint density at radius 1 is 1.17 bits per heavy atom. The lowest BCUT2D eigenvalue weighted by Gasteiger charge is -2.24. The van der Waals surface area contributed by atoms with Gasteiger partial charge >= 0.3 is 5.97 Å². The number of esters is 1. The van der Waals surface area contributed by atoms with Crippen LogP contribution in [0.1, 0.15) is 21.5 Å². The van der Waals surface area contributed by atoms with Crippen LogP contribution >= 0.6 is 34.8 Å². The Labute approximate surface area is 187 Å². The van der Waals surface area contributed by atoms with Crippen LogP contribution in [0.15, 0.2) is 29.2 Å². The fourth-order valence-electron chi connectivity index (χ4n) is 3.21. The maximum Gasteiger partial charge on any atom is 0.337 e. The van der Waals surface area contributed by atoms with E-state index in [0.29, 0.717) is 57.4 Å². The standard InChI is InChI=1S/C20H20Cl3NO4S/c1-12-7-13(20(25)27-2)9-17-18(12)28-19-14(11-29(17)26)8-15(10-16(19)23)24(5-3-21)6-4-22/h7-10H,3-6,11H2,1-2H3. The molecule has 2 aromatic rings. The molecule has 0 fully saturated rings. The minimum absolute atomic E-state index is 0.204. The van der Waals surface area contributed by atoms with Crippen molar-refractivity contribution in [2.24, 2.45) is 0 Å². The number of ether oxygens (including phenoxy) is 2. The monoisotopic (exact) mass is 475 g/mol. The van der Waals surface area contributed by atoms with Crippen LogP contribution in [0.25, 0.3) is 0 Å². The molecule has 0 saturated heterocycles. The van der Waals surface area contributed by atoms with E-state index in [9.17, 15) is 9.00 Å². The van der Waals surface area contributed by atoms with Crippen LogP contribution < -0.4 is 9.64 Å². The average molecular weight is 477 g/mol. The Morgan fingerprint density at radius 2 is 1.86 bits per heavy atom. The van der Waals surface area contributed by atoms with Gasteiger partial charge < -0.3 is 14.4 Å². The SMILES string of the molecule is COC(=O)c1cc(C)c2c(c1)S(=O)Cc1cc(N(CCCl)CCCl)cc(Cl)c1O2. The zero-order valence-corrected chi connectivity index (χ0v) is 19.1. The van der Waals surface area contributed by atoms with Gasteiger partial charge in [-0.15, -0.1) is 23.2 Å². The Hall–Kier alpha value is -1.47. The molecule has 0 aromatic heterocycles. The Balaban J connectivity index is 2.07. The summed E-state index contributed by atoms with van der Waals surface area (Å²) in [6.45, 7) is 3.00. The summed E-state index contributed by atoms with van der Waals surface area (Å²) in [5, 5.41) is 0.410. The molecule has 2 aromatic carbocycles. The third-order valence-corrected chi connectivity index (χ3v) is 6.56. The topological polar surface area (TPSA) is 55.8 Å². The zero-order chi connectivity index (χ0) is 21.1. The van der Waals surface area contributed by atoms with Crippen LogP contribution in [0, 0.1) is 6.92 Å². The highest BCUT2D eigenvalue weighted by molar-refractivity contribution is 7.84. The van der Waals surface area contributed by atoms with Crippen LogP contribution in [0.4, 0.5) is 5.69 Å². The second kappa shape index (κ2) is 9.56. The molecule has 0 N–H and O–H groups in total. The summed E-state index contributed by atoms with van der Waals surface area (Å²) >= 11 is 18.4. The van der Waals surface area contributed by atoms with Crippen molar-refractivity contribution in [1.82, 2.24) is 0 Å². The predicted molar refractivity (Wildman–Crippen MR) is 118 cm³/mol. The van der Waals surface area contributed by atoms with E-state index in [1.807, 2.05) is 11.0 Å². The van der Waals surface area contributed by atoms with E-state index in [4.69, 9.17) is 44.3 Å². The van der Waals surface area contributed by atoms with Crippen molar-refractivity contribution in [3.8, 4) is 11.5 Å². The molecule has 1 atom stereocenters. The van der Waals surface area contributed by atoms with Gasteiger partial charge in [0.25, 0.3) is 0 Å². The highest BCUT2D eigenvalue weighted by Crippen LogP contribution is 2.44. The number of aryl methyl sites for hydroxylation is 1. The predicted octanol–water partition coefficient (Wildman–Crippen LogP) is 5.13. The summed E-state index contributed by atoms with van der Waals surface area (Å²) in [7, 11) is -0.125. The minimum atomic E-state index is -1.43. The lowest BCUT2D eigenvalue weighted by molar-refractivity contribution is 0.0600. The van der Waals surface area contributed by atoms with Crippen LogP contribution in [0.5, 0.6) is 11.5 Å². The van der Waals surface area contributed by atoms with Gasteiger partial charge in [-0.1, -0.05) is 11.6 Å². The van der Waals surface area contributed by atoms with E-state index < -0.39 is 16.8 Å². The number of methoxy groups -OCH3 is 1. The largest absolute Gasteiger partial charge is 0.465 e. The van der Waals surface area contributed by atoms with Gasteiger partial charge in [0, 0.05) is 36.1 Å². The third-order valence-electron chi connectivity index (χ3n) is 4.58. The summed E-state index contributed by atoms with van der Waals surface area (Å²) in [6, 6.07) is 6.91. The fraction of sp³-hybridized carbons (Fsp3) is 0.350. The number of halogens is 3.